The first-order chi connectivity index (χ1) is 7.58. The van der Waals surface area contributed by atoms with Crippen molar-refractivity contribution in [3.63, 3.8) is 0 Å². The van der Waals surface area contributed by atoms with Crippen LogP contribution >= 0.6 is 11.3 Å². The van der Waals surface area contributed by atoms with Crippen LogP contribution in [0.15, 0.2) is 24.3 Å². The Balaban J connectivity index is 2.49. The van der Waals surface area contributed by atoms with Gasteiger partial charge in [-0.1, -0.05) is 35.1 Å². The molecule has 0 amide bonds. The Hall–Kier alpha value is -1.88. The molecule has 1 heterocycles. The Morgan fingerprint density at radius 1 is 1.50 bits per heavy atom. The lowest BCUT2D eigenvalue weighted by atomic mass is 10.1. The SMILES string of the molecule is Cc1cccc(-c2nc(C(=O)O)c(N)s2)c1. The Morgan fingerprint density at radius 3 is 2.81 bits per heavy atom. The molecule has 4 nitrogen and oxygen atoms in total. The van der Waals surface area contributed by atoms with Crippen molar-refractivity contribution in [3.8, 4) is 10.6 Å². The predicted molar refractivity (Wildman–Crippen MR) is 63.7 cm³/mol. The van der Waals surface area contributed by atoms with E-state index < -0.39 is 5.97 Å². The van der Waals surface area contributed by atoms with Crippen molar-refractivity contribution < 1.29 is 9.90 Å². The second-order valence-corrected chi connectivity index (χ2v) is 4.44. The number of aryl methyl sites for hydroxylation is 1. The number of carboxylic acid groups (broad SMARTS) is 1. The summed E-state index contributed by atoms with van der Waals surface area (Å²) in [5.74, 6) is -1.09. The first-order valence-corrected chi connectivity index (χ1v) is 5.46. The second kappa shape index (κ2) is 3.94. The van der Waals surface area contributed by atoms with Crippen LogP contribution in [0.4, 0.5) is 5.00 Å². The first-order valence-electron chi connectivity index (χ1n) is 4.64. The average molecular weight is 234 g/mol. The summed E-state index contributed by atoms with van der Waals surface area (Å²) < 4.78 is 0. The summed E-state index contributed by atoms with van der Waals surface area (Å²) >= 11 is 1.19. The van der Waals surface area contributed by atoms with Crippen molar-refractivity contribution in [1.29, 1.82) is 0 Å². The van der Waals surface area contributed by atoms with Crippen molar-refractivity contribution in [2.75, 3.05) is 5.73 Å². The molecule has 2 aromatic rings. The third-order valence-corrected chi connectivity index (χ3v) is 3.05. The van der Waals surface area contributed by atoms with E-state index in [1.54, 1.807) is 0 Å². The molecule has 2 rings (SSSR count). The van der Waals surface area contributed by atoms with Gasteiger partial charge in [-0.15, -0.1) is 0 Å². The van der Waals surface area contributed by atoms with Gasteiger partial charge in [-0.25, -0.2) is 9.78 Å². The van der Waals surface area contributed by atoms with Crippen molar-refractivity contribution in [3.05, 3.63) is 35.5 Å². The summed E-state index contributed by atoms with van der Waals surface area (Å²) in [5, 5.41) is 9.72. The van der Waals surface area contributed by atoms with E-state index in [0.717, 1.165) is 11.1 Å². The molecule has 82 valence electrons. The van der Waals surface area contributed by atoms with Gasteiger partial charge in [0.05, 0.1) is 0 Å². The fourth-order valence-electron chi connectivity index (χ4n) is 1.39. The van der Waals surface area contributed by atoms with Crippen LogP contribution in [-0.2, 0) is 0 Å². The number of aromatic nitrogens is 1. The van der Waals surface area contributed by atoms with E-state index in [0.29, 0.717) is 5.01 Å². The number of benzene rings is 1. The molecule has 0 aliphatic carbocycles. The van der Waals surface area contributed by atoms with Crippen LogP contribution < -0.4 is 5.73 Å². The van der Waals surface area contributed by atoms with E-state index in [2.05, 4.69) is 4.98 Å². The smallest absolute Gasteiger partial charge is 0.357 e. The number of carbonyl (C=O) groups is 1. The van der Waals surface area contributed by atoms with Gasteiger partial charge in [0.2, 0.25) is 0 Å². The average Bonchev–Trinajstić information content (AvgIpc) is 2.60. The van der Waals surface area contributed by atoms with Crippen LogP contribution in [-0.4, -0.2) is 16.1 Å². The van der Waals surface area contributed by atoms with Crippen LogP contribution in [0.3, 0.4) is 0 Å². The fourth-order valence-corrected chi connectivity index (χ4v) is 2.21. The summed E-state index contributed by atoms with van der Waals surface area (Å²) in [7, 11) is 0. The molecule has 0 fully saturated rings. The molecule has 16 heavy (non-hydrogen) atoms. The highest BCUT2D eigenvalue weighted by Crippen LogP contribution is 2.30. The minimum absolute atomic E-state index is 0.0680. The quantitative estimate of drug-likeness (QED) is 0.836. The zero-order valence-corrected chi connectivity index (χ0v) is 9.41. The van der Waals surface area contributed by atoms with Crippen LogP contribution in [0, 0.1) is 6.92 Å². The second-order valence-electron chi connectivity index (χ2n) is 3.41. The molecule has 1 aromatic heterocycles. The maximum Gasteiger partial charge on any atom is 0.357 e. The topological polar surface area (TPSA) is 76.2 Å². The van der Waals surface area contributed by atoms with E-state index in [4.69, 9.17) is 10.8 Å². The number of thiazole rings is 1. The zero-order chi connectivity index (χ0) is 11.7. The standard InChI is InChI=1S/C11H10N2O2S/c1-6-3-2-4-7(5-6)10-13-8(11(14)15)9(12)16-10/h2-5H,12H2,1H3,(H,14,15). The molecule has 0 bridgehead atoms. The van der Waals surface area contributed by atoms with Gasteiger partial charge < -0.3 is 10.8 Å². The molecule has 3 N–H and O–H groups in total. The van der Waals surface area contributed by atoms with E-state index in [1.807, 2.05) is 31.2 Å². The highest BCUT2D eigenvalue weighted by Gasteiger charge is 2.15. The summed E-state index contributed by atoms with van der Waals surface area (Å²) in [4.78, 5) is 14.8. The van der Waals surface area contributed by atoms with E-state index in [-0.39, 0.29) is 10.7 Å². The summed E-state index contributed by atoms with van der Waals surface area (Å²) in [6, 6.07) is 7.71. The predicted octanol–water partition coefficient (Wildman–Crippen LogP) is 2.40. The van der Waals surface area contributed by atoms with Crippen molar-refractivity contribution in [1.82, 2.24) is 4.98 Å². The molecule has 1 aromatic carbocycles. The number of nitrogens with zero attached hydrogens (tertiary/aromatic N) is 1. The summed E-state index contributed by atoms with van der Waals surface area (Å²) in [6.45, 7) is 1.97. The van der Waals surface area contributed by atoms with E-state index >= 15 is 0 Å². The van der Waals surface area contributed by atoms with Gasteiger partial charge >= 0.3 is 5.97 Å². The highest BCUT2D eigenvalue weighted by molar-refractivity contribution is 7.19. The third-order valence-electron chi connectivity index (χ3n) is 2.12. The number of nitrogen functional groups attached to an aromatic ring is 1. The third kappa shape index (κ3) is 1.90. The minimum Gasteiger partial charge on any atom is -0.476 e. The number of anilines is 1. The normalized spacial score (nSPS) is 10.3. The molecular weight excluding hydrogens is 224 g/mol. The monoisotopic (exact) mass is 234 g/mol. The van der Waals surface area contributed by atoms with E-state index in [1.165, 1.54) is 11.3 Å². The molecule has 0 atom stereocenters. The highest BCUT2D eigenvalue weighted by atomic mass is 32.1. The lowest BCUT2D eigenvalue weighted by Crippen LogP contribution is -2.00. The number of hydrogen-bond donors (Lipinski definition) is 2. The van der Waals surface area contributed by atoms with Gasteiger partial charge in [-0.3, -0.25) is 0 Å². The Bertz CT molecular complexity index is 549. The largest absolute Gasteiger partial charge is 0.476 e. The number of rotatable bonds is 2. The molecule has 0 spiro atoms. The van der Waals surface area contributed by atoms with Gasteiger partial charge in [-0.2, -0.15) is 0 Å². The van der Waals surface area contributed by atoms with Crippen LogP contribution in [0.25, 0.3) is 10.6 Å². The van der Waals surface area contributed by atoms with Crippen molar-refractivity contribution in [2.24, 2.45) is 0 Å². The molecule has 0 aliphatic rings. The van der Waals surface area contributed by atoms with Gasteiger partial charge in [0.25, 0.3) is 0 Å². The molecule has 0 saturated heterocycles. The molecule has 5 heteroatoms. The number of nitrogens with two attached hydrogens (primary N) is 1. The van der Waals surface area contributed by atoms with E-state index in [9.17, 15) is 4.79 Å². The Kier molecular flexibility index (Phi) is 2.62. The van der Waals surface area contributed by atoms with Gasteiger partial charge in [-0.05, 0) is 13.0 Å². The van der Waals surface area contributed by atoms with Crippen LogP contribution in [0.2, 0.25) is 0 Å². The van der Waals surface area contributed by atoms with Crippen molar-refractivity contribution >= 4 is 22.3 Å². The molecule has 0 saturated carbocycles. The lowest BCUT2D eigenvalue weighted by molar-refractivity contribution is 0.0692. The van der Waals surface area contributed by atoms with Gasteiger partial charge in [0.15, 0.2) is 5.69 Å². The van der Waals surface area contributed by atoms with Crippen LogP contribution in [0.5, 0.6) is 0 Å². The number of aromatic carboxylic acids is 1. The van der Waals surface area contributed by atoms with Crippen molar-refractivity contribution in [2.45, 2.75) is 6.92 Å². The van der Waals surface area contributed by atoms with Gasteiger partial charge in [0.1, 0.15) is 10.0 Å². The first kappa shape index (κ1) is 10.6. The minimum atomic E-state index is -1.09. The fraction of sp³-hybridized carbons (Fsp3) is 0.0909. The summed E-state index contributed by atoms with van der Waals surface area (Å²) in [6.07, 6.45) is 0. The zero-order valence-electron chi connectivity index (χ0n) is 8.60. The summed E-state index contributed by atoms with van der Waals surface area (Å²) in [5.41, 5.74) is 7.52. The molecule has 0 aliphatic heterocycles. The number of hydrogen-bond acceptors (Lipinski definition) is 4. The molecule has 0 unspecified atom stereocenters. The number of carboxylic acids is 1. The molecular formula is C11H10N2O2S. The van der Waals surface area contributed by atoms with Crippen LogP contribution in [0.1, 0.15) is 16.1 Å². The Morgan fingerprint density at radius 2 is 2.25 bits per heavy atom. The lowest BCUT2D eigenvalue weighted by Gasteiger charge is -1.96. The maximum absolute atomic E-state index is 10.8. The Labute approximate surface area is 96.4 Å². The van der Waals surface area contributed by atoms with Gasteiger partial charge in [0, 0.05) is 5.56 Å². The molecule has 0 radical (unpaired) electrons. The maximum atomic E-state index is 10.8.